The molecule has 0 spiro atoms. The molecule has 10 heteroatoms. The van der Waals surface area contributed by atoms with Gasteiger partial charge in [-0.2, -0.15) is 0 Å². The van der Waals surface area contributed by atoms with Gasteiger partial charge in [-0.05, 0) is 66.2 Å². The highest BCUT2D eigenvalue weighted by molar-refractivity contribution is 7.89. The summed E-state index contributed by atoms with van der Waals surface area (Å²) in [6.45, 7) is 0.0213. The molecule has 3 aromatic carbocycles. The maximum Gasteiger partial charge on any atom is 0.323 e. The smallest absolute Gasteiger partial charge is 0.323 e. The normalized spacial score (nSPS) is 11.0. The standard InChI is InChI=1S/C21H20FN5O3S/c22-16-5-1-14(2-6-16)13-25-31(29,30)19-11-9-18(10-12-19)27-21(28)26-17-7-3-15(4-8-17)20(23)24/h1-12,25H,13H2,(H3,23,24)(H2,26,27,28). The summed E-state index contributed by atoms with van der Waals surface area (Å²) in [5.74, 6) is -0.468. The summed E-state index contributed by atoms with van der Waals surface area (Å²) in [5, 5.41) is 12.6. The number of urea groups is 1. The fourth-order valence-corrected chi connectivity index (χ4v) is 3.63. The predicted octanol–water partition coefficient (Wildman–Crippen LogP) is 3.23. The number of carbonyl (C=O) groups excluding carboxylic acids is 1. The van der Waals surface area contributed by atoms with Crippen molar-refractivity contribution in [1.82, 2.24) is 4.72 Å². The van der Waals surface area contributed by atoms with Gasteiger partial charge in [-0.3, -0.25) is 5.41 Å². The summed E-state index contributed by atoms with van der Waals surface area (Å²) in [4.78, 5) is 12.1. The molecule has 0 atom stereocenters. The number of sulfonamides is 1. The number of nitrogens with one attached hydrogen (secondary N) is 4. The number of nitrogens with two attached hydrogens (primary N) is 1. The van der Waals surface area contributed by atoms with Gasteiger partial charge in [0.1, 0.15) is 11.7 Å². The number of carbonyl (C=O) groups is 1. The fourth-order valence-electron chi connectivity index (χ4n) is 2.61. The Morgan fingerprint density at radius 2 is 1.39 bits per heavy atom. The third-order valence-electron chi connectivity index (χ3n) is 4.26. The molecule has 8 nitrogen and oxygen atoms in total. The van der Waals surface area contributed by atoms with Crippen LogP contribution in [0.25, 0.3) is 0 Å². The molecular weight excluding hydrogens is 421 g/mol. The molecule has 0 bridgehead atoms. The van der Waals surface area contributed by atoms with E-state index in [2.05, 4.69) is 15.4 Å². The molecule has 0 saturated carbocycles. The fraction of sp³-hybridized carbons (Fsp3) is 0.0476. The Kier molecular flexibility index (Phi) is 6.63. The first-order chi connectivity index (χ1) is 14.7. The van der Waals surface area contributed by atoms with Crippen LogP contribution >= 0.6 is 0 Å². The number of benzene rings is 3. The van der Waals surface area contributed by atoms with Crippen molar-refractivity contribution in [2.75, 3.05) is 10.6 Å². The number of hydrogen-bond donors (Lipinski definition) is 5. The highest BCUT2D eigenvalue weighted by atomic mass is 32.2. The van der Waals surface area contributed by atoms with E-state index < -0.39 is 21.9 Å². The predicted molar refractivity (Wildman–Crippen MR) is 117 cm³/mol. The number of hydrogen-bond acceptors (Lipinski definition) is 4. The first-order valence-corrected chi connectivity index (χ1v) is 10.6. The van der Waals surface area contributed by atoms with Crippen LogP contribution in [0, 0.1) is 11.2 Å². The van der Waals surface area contributed by atoms with Crippen LogP contribution in [0.15, 0.2) is 77.7 Å². The molecule has 31 heavy (non-hydrogen) atoms. The second kappa shape index (κ2) is 9.37. The zero-order valence-electron chi connectivity index (χ0n) is 16.2. The number of halogens is 1. The number of rotatable bonds is 7. The van der Waals surface area contributed by atoms with Gasteiger partial charge >= 0.3 is 6.03 Å². The number of anilines is 2. The van der Waals surface area contributed by atoms with Gasteiger partial charge in [-0.15, -0.1) is 0 Å². The van der Waals surface area contributed by atoms with Crippen molar-refractivity contribution in [1.29, 1.82) is 5.41 Å². The zero-order chi connectivity index (χ0) is 22.4. The lowest BCUT2D eigenvalue weighted by Gasteiger charge is -2.10. The molecule has 0 aromatic heterocycles. The van der Waals surface area contributed by atoms with E-state index in [1.165, 1.54) is 48.5 Å². The van der Waals surface area contributed by atoms with Crippen LogP contribution < -0.4 is 21.1 Å². The van der Waals surface area contributed by atoms with Crippen LogP contribution in [0.3, 0.4) is 0 Å². The Morgan fingerprint density at radius 1 is 0.871 bits per heavy atom. The molecule has 0 fully saturated rings. The Morgan fingerprint density at radius 3 is 1.90 bits per heavy atom. The van der Waals surface area contributed by atoms with Gasteiger partial charge in [0.2, 0.25) is 10.0 Å². The van der Waals surface area contributed by atoms with E-state index in [0.717, 1.165) is 0 Å². The van der Waals surface area contributed by atoms with Gasteiger partial charge in [0.05, 0.1) is 4.90 Å². The summed E-state index contributed by atoms with van der Waals surface area (Å²) >= 11 is 0. The monoisotopic (exact) mass is 441 g/mol. The lowest BCUT2D eigenvalue weighted by molar-refractivity contribution is 0.262. The number of nitrogen functional groups attached to an aromatic ring is 1. The quantitative estimate of drug-likeness (QED) is 0.284. The largest absolute Gasteiger partial charge is 0.384 e. The Balaban J connectivity index is 1.57. The maximum atomic E-state index is 12.9. The van der Waals surface area contributed by atoms with Gasteiger partial charge < -0.3 is 16.4 Å². The van der Waals surface area contributed by atoms with Crippen LogP contribution in [0.4, 0.5) is 20.6 Å². The lowest BCUT2D eigenvalue weighted by atomic mass is 10.2. The van der Waals surface area contributed by atoms with Crippen LogP contribution in [0.5, 0.6) is 0 Å². The molecule has 0 saturated heterocycles. The maximum absolute atomic E-state index is 12.9. The average Bonchev–Trinajstić information content (AvgIpc) is 2.74. The van der Waals surface area contributed by atoms with Crippen LogP contribution in [-0.4, -0.2) is 20.3 Å². The molecule has 0 aliphatic rings. The van der Waals surface area contributed by atoms with E-state index in [1.54, 1.807) is 24.3 Å². The topological polar surface area (TPSA) is 137 Å². The Bertz CT molecular complexity index is 1180. The molecule has 0 aliphatic carbocycles. The molecule has 6 N–H and O–H groups in total. The molecule has 0 radical (unpaired) electrons. The van der Waals surface area contributed by atoms with E-state index in [4.69, 9.17) is 11.1 Å². The highest BCUT2D eigenvalue weighted by Gasteiger charge is 2.14. The molecule has 2 amide bonds. The highest BCUT2D eigenvalue weighted by Crippen LogP contribution is 2.16. The summed E-state index contributed by atoms with van der Waals surface area (Å²) in [6.07, 6.45) is 0. The van der Waals surface area contributed by atoms with Gasteiger partial charge in [0.15, 0.2) is 0 Å². The van der Waals surface area contributed by atoms with Crippen molar-refractivity contribution >= 4 is 33.3 Å². The van der Waals surface area contributed by atoms with Crippen molar-refractivity contribution in [2.24, 2.45) is 5.73 Å². The average molecular weight is 441 g/mol. The van der Waals surface area contributed by atoms with E-state index in [-0.39, 0.29) is 17.3 Å². The second-order valence-corrected chi connectivity index (χ2v) is 8.31. The number of amidine groups is 1. The third kappa shape index (κ3) is 6.11. The first-order valence-electron chi connectivity index (χ1n) is 9.09. The molecular formula is C21H20FN5O3S. The molecule has 3 rings (SSSR count). The van der Waals surface area contributed by atoms with Gasteiger partial charge in [-0.25, -0.2) is 22.3 Å². The summed E-state index contributed by atoms with van der Waals surface area (Å²) in [6, 6.07) is 17.1. The van der Waals surface area contributed by atoms with E-state index in [0.29, 0.717) is 22.5 Å². The van der Waals surface area contributed by atoms with Crippen LogP contribution in [-0.2, 0) is 16.6 Å². The second-order valence-electron chi connectivity index (χ2n) is 6.55. The Labute approximate surface area is 178 Å². The van der Waals surface area contributed by atoms with E-state index >= 15 is 0 Å². The van der Waals surface area contributed by atoms with Gasteiger partial charge in [-0.1, -0.05) is 12.1 Å². The minimum atomic E-state index is -3.77. The van der Waals surface area contributed by atoms with Crippen LogP contribution in [0.1, 0.15) is 11.1 Å². The SMILES string of the molecule is N=C(N)c1ccc(NC(=O)Nc2ccc(S(=O)(=O)NCc3ccc(F)cc3)cc2)cc1. The zero-order valence-corrected chi connectivity index (χ0v) is 17.0. The summed E-state index contributed by atoms with van der Waals surface area (Å²) < 4.78 is 40.2. The van der Waals surface area contributed by atoms with Crippen molar-refractivity contribution in [3.63, 3.8) is 0 Å². The summed E-state index contributed by atoms with van der Waals surface area (Å²) in [7, 11) is -3.77. The van der Waals surface area contributed by atoms with Crippen molar-refractivity contribution < 1.29 is 17.6 Å². The Hall–Kier alpha value is -3.76. The van der Waals surface area contributed by atoms with Gasteiger partial charge in [0.25, 0.3) is 0 Å². The van der Waals surface area contributed by atoms with E-state index in [9.17, 15) is 17.6 Å². The summed E-state index contributed by atoms with van der Waals surface area (Å²) in [5.41, 5.74) is 7.45. The molecule has 0 aliphatic heterocycles. The van der Waals surface area contributed by atoms with Crippen LogP contribution in [0.2, 0.25) is 0 Å². The number of amides is 2. The van der Waals surface area contributed by atoms with Gasteiger partial charge in [0, 0.05) is 23.5 Å². The third-order valence-corrected chi connectivity index (χ3v) is 5.67. The molecule has 160 valence electrons. The van der Waals surface area contributed by atoms with Crippen molar-refractivity contribution in [3.05, 3.63) is 89.7 Å². The first kappa shape index (κ1) is 21.9. The van der Waals surface area contributed by atoms with Crippen molar-refractivity contribution in [2.45, 2.75) is 11.4 Å². The molecule has 0 unspecified atom stereocenters. The minimum Gasteiger partial charge on any atom is -0.384 e. The minimum absolute atomic E-state index is 0.0213. The molecule has 3 aromatic rings. The lowest BCUT2D eigenvalue weighted by Crippen LogP contribution is -2.23. The van der Waals surface area contributed by atoms with Crippen molar-refractivity contribution in [3.8, 4) is 0 Å². The van der Waals surface area contributed by atoms with E-state index in [1.807, 2.05) is 0 Å². The molecule has 0 heterocycles.